The summed E-state index contributed by atoms with van der Waals surface area (Å²) in [5, 5.41) is 4.26. The molecule has 0 aliphatic carbocycles. The maximum absolute atomic E-state index is 6.17. The molecule has 1 aromatic heterocycles. The van der Waals surface area contributed by atoms with Gasteiger partial charge in [-0.05, 0) is 33.7 Å². The van der Waals surface area contributed by atoms with E-state index in [1.165, 1.54) is 5.56 Å². The molecule has 0 aliphatic heterocycles. The lowest BCUT2D eigenvalue weighted by molar-refractivity contribution is 0.136. The zero-order valence-corrected chi connectivity index (χ0v) is 11.7. The summed E-state index contributed by atoms with van der Waals surface area (Å²) in [5.41, 5.74) is 7.38. The second kappa shape index (κ2) is 6.17. The van der Waals surface area contributed by atoms with Crippen molar-refractivity contribution in [2.45, 2.75) is 52.2 Å². The number of nitrogens with zero attached hydrogens (tertiary/aromatic N) is 3. The molecule has 0 aromatic carbocycles. The van der Waals surface area contributed by atoms with E-state index in [1.807, 2.05) is 17.9 Å². The van der Waals surface area contributed by atoms with E-state index in [4.69, 9.17) is 5.73 Å². The number of aryl methyl sites for hydroxylation is 1. The standard InChI is InChI=1S/C13H26N4/c1-6-7-17(10(2)3)13(11(4)14)12-8-15-16(5)9-12/h8-11,13H,6-7,14H2,1-5H3. The molecule has 0 fully saturated rings. The third-order valence-corrected chi connectivity index (χ3v) is 3.07. The predicted molar refractivity (Wildman–Crippen MR) is 71.7 cm³/mol. The van der Waals surface area contributed by atoms with Crippen LogP contribution in [0.1, 0.15) is 45.7 Å². The number of nitrogens with two attached hydrogens (primary N) is 1. The van der Waals surface area contributed by atoms with Crippen LogP contribution in [0.4, 0.5) is 0 Å². The Labute approximate surface area is 105 Å². The summed E-state index contributed by atoms with van der Waals surface area (Å²) in [6.45, 7) is 9.79. The largest absolute Gasteiger partial charge is 0.326 e. The van der Waals surface area contributed by atoms with Crippen molar-refractivity contribution in [2.24, 2.45) is 12.8 Å². The van der Waals surface area contributed by atoms with Gasteiger partial charge in [0.2, 0.25) is 0 Å². The fourth-order valence-corrected chi connectivity index (χ4v) is 2.37. The number of hydrogen-bond acceptors (Lipinski definition) is 3. The number of hydrogen-bond donors (Lipinski definition) is 1. The predicted octanol–water partition coefficient (Wildman–Crippen LogP) is 1.93. The maximum Gasteiger partial charge on any atom is 0.0538 e. The molecule has 1 rings (SSSR count). The highest BCUT2D eigenvalue weighted by Crippen LogP contribution is 2.25. The van der Waals surface area contributed by atoms with Gasteiger partial charge in [-0.25, -0.2) is 0 Å². The lowest BCUT2D eigenvalue weighted by atomic mass is 10.0. The molecule has 1 aromatic rings. The van der Waals surface area contributed by atoms with Crippen LogP contribution in [0.25, 0.3) is 0 Å². The minimum atomic E-state index is 0.105. The van der Waals surface area contributed by atoms with E-state index < -0.39 is 0 Å². The highest BCUT2D eigenvalue weighted by molar-refractivity contribution is 5.13. The van der Waals surface area contributed by atoms with Gasteiger partial charge in [-0.15, -0.1) is 0 Å². The fourth-order valence-electron chi connectivity index (χ4n) is 2.37. The lowest BCUT2D eigenvalue weighted by Gasteiger charge is -2.36. The van der Waals surface area contributed by atoms with Gasteiger partial charge in [-0.3, -0.25) is 9.58 Å². The molecule has 2 N–H and O–H groups in total. The van der Waals surface area contributed by atoms with Crippen molar-refractivity contribution in [1.82, 2.24) is 14.7 Å². The molecule has 0 bridgehead atoms. The Bertz CT molecular complexity index is 330. The number of rotatable bonds is 6. The molecule has 0 amide bonds. The summed E-state index contributed by atoms with van der Waals surface area (Å²) in [4.78, 5) is 2.46. The monoisotopic (exact) mass is 238 g/mol. The Balaban J connectivity index is 2.98. The van der Waals surface area contributed by atoms with Gasteiger partial charge in [0, 0.05) is 30.9 Å². The summed E-state index contributed by atoms with van der Waals surface area (Å²) in [6, 6.07) is 0.850. The highest BCUT2D eigenvalue weighted by Gasteiger charge is 2.26. The first-order valence-electron chi connectivity index (χ1n) is 6.47. The van der Waals surface area contributed by atoms with E-state index in [-0.39, 0.29) is 12.1 Å². The molecule has 4 heteroatoms. The molecule has 0 spiro atoms. The second-order valence-corrected chi connectivity index (χ2v) is 5.08. The Morgan fingerprint density at radius 1 is 1.41 bits per heavy atom. The summed E-state index contributed by atoms with van der Waals surface area (Å²) < 4.78 is 1.84. The van der Waals surface area contributed by atoms with Gasteiger partial charge >= 0.3 is 0 Å². The van der Waals surface area contributed by atoms with Crippen molar-refractivity contribution in [3.63, 3.8) is 0 Å². The van der Waals surface area contributed by atoms with Crippen molar-refractivity contribution in [3.8, 4) is 0 Å². The van der Waals surface area contributed by atoms with Crippen LogP contribution >= 0.6 is 0 Å². The summed E-state index contributed by atoms with van der Waals surface area (Å²) >= 11 is 0. The summed E-state index contributed by atoms with van der Waals surface area (Å²) in [6.07, 6.45) is 5.14. The minimum Gasteiger partial charge on any atom is -0.326 e. The van der Waals surface area contributed by atoms with Crippen LogP contribution in [0.3, 0.4) is 0 Å². The van der Waals surface area contributed by atoms with E-state index in [1.54, 1.807) is 0 Å². The summed E-state index contributed by atoms with van der Waals surface area (Å²) in [5.74, 6) is 0. The van der Waals surface area contributed by atoms with Gasteiger partial charge in [0.1, 0.15) is 0 Å². The fraction of sp³-hybridized carbons (Fsp3) is 0.769. The first-order chi connectivity index (χ1) is 7.97. The van der Waals surface area contributed by atoms with Crippen LogP contribution in [0.15, 0.2) is 12.4 Å². The van der Waals surface area contributed by atoms with Crippen LogP contribution in [-0.4, -0.2) is 33.3 Å². The first-order valence-corrected chi connectivity index (χ1v) is 6.47. The van der Waals surface area contributed by atoms with Crippen LogP contribution in [0.5, 0.6) is 0 Å². The Kier molecular flexibility index (Phi) is 5.15. The average molecular weight is 238 g/mol. The summed E-state index contributed by atoms with van der Waals surface area (Å²) in [7, 11) is 1.95. The molecule has 1 heterocycles. The molecular formula is C13H26N4. The van der Waals surface area contributed by atoms with Gasteiger partial charge in [-0.2, -0.15) is 5.10 Å². The van der Waals surface area contributed by atoms with E-state index >= 15 is 0 Å². The van der Waals surface area contributed by atoms with E-state index in [0.717, 1.165) is 13.0 Å². The normalized spacial score (nSPS) is 15.5. The van der Waals surface area contributed by atoms with Gasteiger partial charge in [0.05, 0.1) is 12.2 Å². The molecule has 0 aliphatic rings. The SMILES string of the molecule is CCCN(C(C)C)C(c1cnn(C)c1)C(C)N. The van der Waals surface area contributed by atoms with Gasteiger partial charge in [0.25, 0.3) is 0 Å². The molecule has 0 saturated carbocycles. The molecule has 2 atom stereocenters. The zero-order chi connectivity index (χ0) is 13.0. The van der Waals surface area contributed by atoms with E-state index in [9.17, 15) is 0 Å². The molecule has 2 unspecified atom stereocenters. The quantitative estimate of drug-likeness (QED) is 0.823. The third kappa shape index (κ3) is 3.54. The van der Waals surface area contributed by atoms with Crippen LogP contribution in [0, 0.1) is 0 Å². The van der Waals surface area contributed by atoms with Gasteiger partial charge in [0.15, 0.2) is 0 Å². The molecule has 0 saturated heterocycles. The molecular weight excluding hydrogens is 212 g/mol. The van der Waals surface area contributed by atoms with Crippen molar-refractivity contribution >= 4 is 0 Å². The van der Waals surface area contributed by atoms with Gasteiger partial charge < -0.3 is 5.73 Å². The maximum atomic E-state index is 6.17. The van der Waals surface area contributed by atoms with Crippen LogP contribution in [-0.2, 0) is 7.05 Å². The molecule has 98 valence electrons. The Morgan fingerprint density at radius 2 is 2.06 bits per heavy atom. The Hall–Kier alpha value is -0.870. The van der Waals surface area contributed by atoms with Gasteiger partial charge in [-0.1, -0.05) is 6.92 Å². The zero-order valence-electron chi connectivity index (χ0n) is 11.7. The molecule has 17 heavy (non-hydrogen) atoms. The van der Waals surface area contributed by atoms with E-state index in [2.05, 4.69) is 43.9 Å². The lowest BCUT2D eigenvalue weighted by Crippen LogP contribution is -2.43. The Morgan fingerprint density at radius 3 is 2.41 bits per heavy atom. The van der Waals surface area contributed by atoms with Crippen molar-refractivity contribution in [2.75, 3.05) is 6.54 Å². The minimum absolute atomic E-state index is 0.105. The third-order valence-electron chi connectivity index (χ3n) is 3.07. The van der Waals surface area contributed by atoms with Crippen molar-refractivity contribution < 1.29 is 0 Å². The van der Waals surface area contributed by atoms with Crippen molar-refractivity contribution in [3.05, 3.63) is 18.0 Å². The average Bonchev–Trinajstić information content (AvgIpc) is 2.63. The topological polar surface area (TPSA) is 47.1 Å². The van der Waals surface area contributed by atoms with Crippen molar-refractivity contribution in [1.29, 1.82) is 0 Å². The second-order valence-electron chi connectivity index (χ2n) is 5.08. The smallest absolute Gasteiger partial charge is 0.0538 e. The van der Waals surface area contributed by atoms with Crippen LogP contribution in [0.2, 0.25) is 0 Å². The van der Waals surface area contributed by atoms with E-state index in [0.29, 0.717) is 6.04 Å². The number of aromatic nitrogens is 2. The highest BCUT2D eigenvalue weighted by atomic mass is 15.3. The molecule has 4 nitrogen and oxygen atoms in total. The molecule has 0 radical (unpaired) electrons. The van der Waals surface area contributed by atoms with Crippen LogP contribution < -0.4 is 5.73 Å². The first kappa shape index (κ1) is 14.2.